The third-order valence-corrected chi connectivity index (χ3v) is 8.75. The average Bonchev–Trinajstić information content (AvgIpc) is 3.46. The molecule has 1 amide bonds. The molecule has 1 saturated heterocycles. The molecule has 0 unspecified atom stereocenters. The summed E-state index contributed by atoms with van der Waals surface area (Å²) < 4.78 is 0. The van der Waals surface area contributed by atoms with Gasteiger partial charge in [-0.2, -0.15) is 5.26 Å². The monoisotopic (exact) mass is 504 g/mol. The van der Waals surface area contributed by atoms with E-state index in [2.05, 4.69) is 46.9 Å². The molecule has 38 heavy (non-hydrogen) atoms. The Morgan fingerprint density at radius 2 is 1.76 bits per heavy atom. The molecule has 6 rings (SSSR count). The van der Waals surface area contributed by atoms with Crippen LogP contribution in [-0.4, -0.2) is 34.6 Å². The lowest BCUT2D eigenvalue weighted by Gasteiger charge is -2.33. The van der Waals surface area contributed by atoms with Crippen molar-refractivity contribution in [2.24, 2.45) is 16.8 Å². The maximum Gasteiger partial charge on any atom is 0.225 e. The Labute approximate surface area is 225 Å². The first-order chi connectivity index (χ1) is 18.5. The minimum Gasteiger partial charge on any atom is -0.361 e. The standard InChI is InChI=1S/C33H36N4O/c1-21(2)27-11-7-22(19-34)17-29(27)32(24-8-9-24)36-26-10-12-31-28(18-26)30(20-35-31)23-13-15-37(16-14-23)33(38)25-5-3-4-6-25/h7,10-12,17-18,20,23-25,35H,1,3-6,8-9,13-16H2,2H3. The zero-order valence-electron chi connectivity index (χ0n) is 22.3. The van der Waals surface area contributed by atoms with Crippen molar-refractivity contribution in [3.63, 3.8) is 0 Å². The topological polar surface area (TPSA) is 72.2 Å². The van der Waals surface area contributed by atoms with E-state index in [-0.39, 0.29) is 5.92 Å². The van der Waals surface area contributed by atoms with Gasteiger partial charge in [0.05, 0.1) is 23.0 Å². The van der Waals surface area contributed by atoms with Crippen molar-refractivity contribution in [2.75, 3.05) is 13.1 Å². The van der Waals surface area contributed by atoms with Crippen LogP contribution in [0.4, 0.5) is 5.69 Å². The number of rotatable bonds is 6. The van der Waals surface area contributed by atoms with Crippen molar-refractivity contribution in [3.05, 3.63) is 71.4 Å². The lowest BCUT2D eigenvalue weighted by molar-refractivity contribution is -0.136. The van der Waals surface area contributed by atoms with Crippen molar-refractivity contribution in [2.45, 2.75) is 64.2 Å². The van der Waals surface area contributed by atoms with Gasteiger partial charge in [0.25, 0.3) is 0 Å². The van der Waals surface area contributed by atoms with Gasteiger partial charge >= 0.3 is 0 Å². The second kappa shape index (κ2) is 10.3. The second-order valence-electron chi connectivity index (χ2n) is 11.5. The lowest BCUT2D eigenvalue weighted by atomic mass is 9.88. The Bertz CT molecular complexity index is 1450. The minimum absolute atomic E-state index is 0.264. The summed E-state index contributed by atoms with van der Waals surface area (Å²) in [5, 5.41) is 10.8. The largest absolute Gasteiger partial charge is 0.361 e. The van der Waals surface area contributed by atoms with E-state index in [1.807, 2.05) is 25.1 Å². The van der Waals surface area contributed by atoms with Gasteiger partial charge in [-0.15, -0.1) is 0 Å². The third-order valence-electron chi connectivity index (χ3n) is 8.75. The molecule has 5 nitrogen and oxygen atoms in total. The van der Waals surface area contributed by atoms with Gasteiger partial charge < -0.3 is 9.88 Å². The molecular formula is C33H36N4O. The highest BCUT2D eigenvalue weighted by molar-refractivity contribution is 6.08. The SMILES string of the molecule is C=C(C)c1ccc(C#N)cc1C(=Nc1ccc2[nH]cc(C3CCN(C(=O)C4CCCC4)CC3)c2c1)C1CC1. The molecule has 2 heterocycles. The van der Waals surface area contributed by atoms with Crippen LogP contribution in [0.15, 0.2) is 54.2 Å². The lowest BCUT2D eigenvalue weighted by Crippen LogP contribution is -2.40. The molecule has 3 fully saturated rings. The maximum atomic E-state index is 12.9. The Morgan fingerprint density at radius 3 is 2.45 bits per heavy atom. The first kappa shape index (κ1) is 24.7. The normalized spacial score (nSPS) is 19.2. The minimum atomic E-state index is 0.264. The molecule has 2 aliphatic carbocycles. The molecule has 0 spiro atoms. The van der Waals surface area contributed by atoms with Crippen LogP contribution in [0.3, 0.4) is 0 Å². The quantitative estimate of drug-likeness (QED) is 0.353. The van der Waals surface area contributed by atoms with Gasteiger partial charge in [0, 0.05) is 47.6 Å². The fourth-order valence-corrected chi connectivity index (χ4v) is 6.44. The summed E-state index contributed by atoms with van der Waals surface area (Å²) in [4.78, 5) is 23.7. The zero-order chi connectivity index (χ0) is 26.2. The van der Waals surface area contributed by atoms with Crippen LogP contribution in [0.1, 0.15) is 86.5 Å². The van der Waals surface area contributed by atoms with Gasteiger partial charge in [-0.05, 0) is 92.8 Å². The van der Waals surface area contributed by atoms with E-state index < -0.39 is 0 Å². The molecule has 2 saturated carbocycles. The predicted octanol–water partition coefficient (Wildman–Crippen LogP) is 7.50. The van der Waals surface area contributed by atoms with Gasteiger partial charge in [0.2, 0.25) is 5.91 Å². The summed E-state index contributed by atoms with van der Waals surface area (Å²) in [6.07, 6.45) is 11.0. The number of piperidine rings is 1. The molecular weight excluding hydrogens is 468 g/mol. The van der Waals surface area contributed by atoms with E-state index in [0.29, 0.717) is 23.3 Å². The number of hydrogen-bond acceptors (Lipinski definition) is 3. The summed E-state index contributed by atoms with van der Waals surface area (Å²) >= 11 is 0. The molecule has 1 aromatic heterocycles. The van der Waals surface area contributed by atoms with Crippen LogP contribution in [0, 0.1) is 23.2 Å². The van der Waals surface area contributed by atoms with Crippen LogP contribution in [0.5, 0.6) is 0 Å². The van der Waals surface area contributed by atoms with E-state index in [0.717, 1.165) is 85.2 Å². The molecule has 0 bridgehead atoms. The summed E-state index contributed by atoms with van der Waals surface area (Å²) in [7, 11) is 0. The van der Waals surface area contributed by atoms with Crippen molar-refractivity contribution in [1.29, 1.82) is 5.26 Å². The van der Waals surface area contributed by atoms with Crippen molar-refractivity contribution in [1.82, 2.24) is 9.88 Å². The molecule has 3 aliphatic rings. The number of carbonyl (C=O) groups excluding carboxylic acids is 1. The number of carbonyl (C=O) groups is 1. The Hall–Kier alpha value is -3.65. The summed E-state index contributed by atoms with van der Waals surface area (Å²) in [5.74, 6) is 1.52. The Balaban J connectivity index is 1.28. The number of aromatic nitrogens is 1. The highest BCUT2D eigenvalue weighted by atomic mass is 16.2. The Morgan fingerprint density at radius 1 is 1.00 bits per heavy atom. The number of aliphatic imine (C=N–C) groups is 1. The highest BCUT2D eigenvalue weighted by Crippen LogP contribution is 2.39. The zero-order valence-corrected chi connectivity index (χ0v) is 22.3. The summed E-state index contributed by atoms with van der Waals surface area (Å²) in [6.45, 7) is 7.91. The number of hydrogen-bond donors (Lipinski definition) is 1. The van der Waals surface area contributed by atoms with Gasteiger partial charge in [-0.3, -0.25) is 9.79 Å². The number of nitrogens with zero attached hydrogens (tertiary/aromatic N) is 3. The van der Waals surface area contributed by atoms with Crippen molar-refractivity contribution < 1.29 is 4.79 Å². The maximum absolute atomic E-state index is 12.9. The fourth-order valence-electron chi connectivity index (χ4n) is 6.44. The highest BCUT2D eigenvalue weighted by Gasteiger charge is 2.32. The number of nitriles is 1. The number of H-pyrrole nitrogens is 1. The molecule has 3 aromatic rings. The number of likely N-dealkylation sites (tertiary alicyclic amines) is 1. The van der Waals surface area contributed by atoms with E-state index in [1.54, 1.807) is 0 Å². The molecule has 1 aliphatic heterocycles. The van der Waals surface area contributed by atoms with E-state index in [4.69, 9.17) is 4.99 Å². The van der Waals surface area contributed by atoms with Crippen LogP contribution in [0.2, 0.25) is 0 Å². The number of allylic oxidation sites excluding steroid dienone is 1. The van der Waals surface area contributed by atoms with Crippen LogP contribution < -0.4 is 0 Å². The van der Waals surface area contributed by atoms with Crippen LogP contribution in [0.25, 0.3) is 16.5 Å². The molecule has 194 valence electrons. The van der Waals surface area contributed by atoms with Crippen LogP contribution in [-0.2, 0) is 4.79 Å². The number of aromatic amines is 1. The number of benzene rings is 2. The average molecular weight is 505 g/mol. The van der Waals surface area contributed by atoms with Crippen molar-refractivity contribution in [3.8, 4) is 6.07 Å². The molecule has 0 radical (unpaired) electrons. The summed E-state index contributed by atoms with van der Waals surface area (Å²) in [6, 6.07) is 14.6. The molecule has 2 aromatic carbocycles. The van der Waals surface area contributed by atoms with Crippen LogP contribution >= 0.6 is 0 Å². The van der Waals surface area contributed by atoms with Gasteiger partial charge in [-0.25, -0.2) is 0 Å². The second-order valence-corrected chi connectivity index (χ2v) is 11.5. The van der Waals surface area contributed by atoms with E-state index in [9.17, 15) is 10.1 Å². The summed E-state index contributed by atoms with van der Waals surface area (Å²) in [5.41, 5.74) is 8.22. The Kier molecular flexibility index (Phi) is 6.66. The third kappa shape index (κ3) is 4.80. The number of nitrogens with one attached hydrogen (secondary N) is 1. The smallest absolute Gasteiger partial charge is 0.225 e. The fraction of sp³-hybridized carbons (Fsp3) is 0.424. The predicted molar refractivity (Wildman–Crippen MR) is 154 cm³/mol. The number of fused-ring (bicyclic) bond motifs is 1. The van der Waals surface area contributed by atoms with Gasteiger partial charge in [0.1, 0.15) is 0 Å². The van der Waals surface area contributed by atoms with E-state index >= 15 is 0 Å². The first-order valence-corrected chi connectivity index (χ1v) is 14.2. The molecule has 0 atom stereocenters. The first-order valence-electron chi connectivity index (χ1n) is 14.2. The van der Waals surface area contributed by atoms with Crippen molar-refractivity contribution >= 4 is 33.8 Å². The molecule has 1 N–H and O–H groups in total. The van der Waals surface area contributed by atoms with Gasteiger partial charge in [0.15, 0.2) is 0 Å². The number of amides is 1. The van der Waals surface area contributed by atoms with Gasteiger partial charge in [-0.1, -0.05) is 31.1 Å². The van der Waals surface area contributed by atoms with E-state index in [1.165, 1.54) is 23.8 Å². The molecule has 5 heteroatoms.